The average molecular weight is 317 g/mol. The lowest BCUT2D eigenvalue weighted by atomic mass is 10.2. The number of hydrogen-bond acceptors (Lipinski definition) is 3. The normalized spacial score (nSPS) is 16.0. The largest absolute Gasteiger partial charge is 0.411 e. The summed E-state index contributed by atoms with van der Waals surface area (Å²) in [6.07, 6.45) is -4.25. The van der Waals surface area contributed by atoms with Crippen LogP contribution >= 0.6 is 11.3 Å². The number of aliphatic hydroxyl groups excluding tert-OH is 1. The van der Waals surface area contributed by atoms with E-state index in [0.717, 1.165) is 16.9 Å². The maximum absolute atomic E-state index is 12.8. The lowest BCUT2D eigenvalue weighted by Gasteiger charge is -2.20. The van der Waals surface area contributed by atoms with Crippen LogP contribution in [0.4, 0.5) is 13.2 Å². The number of nitrogens with one attached hydrogen (secondary N) is 1. The number of aliphatic hydroxyl groups is 1. The first-order valence-corrected chi connectivity index (χ1v) is 7.20. The highest BCUT2D eigenvalue weighted by Gasteiger charge is 2.64. The number of rotatable bonds is 3. The van der Waals surface area contributed by atoms with Crippen LogP contribution in [0.1, 0.15) is 39.4 Å². The summed E-state index contributed by atoms with van der Waals surface area (Å²) in [5, 5.41) is 10.7. The second-order valence-corrected chi connectivity index (χ2v) is 5.98. The van der Waals surface area contributed by atoms with E-state index in [2.05, 4.69) is 17.2 Å². The first kappa shape index (κ1) is 15.9. The van der Waals surface area contributed by atoms with Crippen molar-refractivity contribution in [3.63, 3.8) is 0 Å². The van der Waals surface area contributed by atoms with E-state index in [4.69, 9.17) is 5.11 Å². The Kier molecular flexibility index (Phi) is 4.30. The second-order valence-electron chi connectivity index (χ2n) is 4.93. The Bertz CT molecular complexity index is 606. The summed E-state index contributed by atoms with van der Waals surface area (Å²) < 4.78 is 38.4. The minimum atomic E-state index is -4.42. The molecule has 1 amide bonds. The maximum atomic E-state index is 12.8. The molecule has 0 radical (unpaired) electrons. The van der Waals surface area contributed by atoms with E-state index in [1.54, 1.807) is 6.92 Å². The van der Waals surface area contributed by atoms with Crippen LogP contribution in [0.25, 0.3) is 0 Å². The highest BCUT2D eigenvalue weighted by atomic mass is 32.1. The van der Waals surface area contributed by atoms with Gasteiger partial charge < -0.3 is 10.4 Å². The van der Waals surface area contributed by atoms with Crippen molar-refractivity contribution in [2.24, 2.45) is 0 Å². The van der Waals surface area contributed by atoms with Gasteiger partial charge in [-0.15, -0.1) is 11.3 Å². The highest BCUT2D eigenvalue weighted by molar-refractivity contribution is 7.14. The molecule has 21 heavy (non-hydrogen) atoms. The van der Waals surface area contributed by atoms with Crippen LogP contribution in [0.15, 0.2) is 6.07 Å². The van der Waals surface area contributed by atoms with Crippen molar-refractivity contribution >= 4 is 17.2 Å². The van der Waals surface area contributed by atoms with Crippen molar-refractivity contribution in [2.45, 2.75) is 37.9 Å². The van der Waals surface area contributed by atoms with E-state index in [0.29, 0.717) is 11.3 Å². The molecule has 1 saturated carbocycles. The van der Waals surface area contributed by atoms with Gasteiger partial charge in [0.1, 0.15) is 5.54 Å². The monoisotopic (exact) mass is 317 g/mol. The van der Waals surface area contributed by atoms with Gasteiger partial charge in [0.05, 0.1) is 16.4 Å². The van der Waals surface area contributed by atoms with E-state index < -0.39 is 17.6 Å². The Labute approximate surface area is 124 Å². The van der Waals surface area contributed by atoms with Gasteiger partial charge in [0, 0.05) is 6.42 Å². The molecule has 2 rings (SSSR count). The predicted molar refractivity (Wildman–Crippen MR) is 73.1 cm³/mol. The first-order chi connectivity index (χ1) is 9.79. The van der Waals surface area contributed by atoms with Crippen LogP contribution in [0.3, 0.4) is 0 Å². The molecule has 0 aliphatic heterocycles. The van der Waals surface area contributed by atoms with Gasteiger partial charge in [0.2, 0.25) is 0 Å². The summed E-state index contributed by atoms with van der Waals surface area (Å²) in [5.41, 5.74) is -1.31. The van der Waals surface area contributed by atoms with Crippen LogP contribution in [0.2, 0.25) is 0 Å². The van der Waals surface area contributed by atoms with Crippen LogP contribution in [0.5, 0.6) is 0 Å². The number of carbonyl (C=O) groups excluding carboxylic acids is 1. The smallest absolute Gasteiger partial charge is 0.395 e. The number of halogens is 3. The molecule has 1 aromatic rings. The molecule has 1 heterocycles. The molecule has 1 aliphatic carbocycles. The Morgan fingerprint density at radius 2 is 2.19 bits per heavy atom. The van der Waals surface area contributed by atoms with Gasteiger partial charge >= 0.3 is 6.18 Å². The summed E-state index contributed by atoms with van der Waals surface area (Å²) in [6, 6.07) is 1.54. The summed E-state index contributed by atoms with van der Waals surface area (Å²) >= 11 is 1.06. The van der Waals surface area contributed by atoms with Crippen molar-refractivity contribution in [1.82, 2.24) is 5.32 Å². The standard InChI is InChI=1S/C14H14F3NO2S/c1-9-8-11(21-10(9)4-2-3-7-19)12(20)18-13(5-6-13)14(15,16)17/h8,19H,3,5-7H2,1H3,(H,18,20). The fourth-order valence-corrected chi connectivity index (χ4v) is 2.74. The van der Waals surface area contributed by atoms with E-state index in [1.165, 1.54) is 6.07 Å². The predicted octanol–water partition coefficient (Wildman–Crippen LogP) is 2.62. The molecule has 0 spiro atoms. The van der Waals surface area contributed by atoms with Crippen molar-refractivity contribution in [2.75, 3.05) is 6.61 Å². The Hall–Kier alpha value is -1.52. The van der Waals surface area contributed by atoms with Crippen molar-refractivity contribution in [3.05, 3.63) is 21.4 Å². The molecule has 0 unspecified atom stereocenters. The number of amides is 1. The fraction of sp³-hybridized carbons (Fsp3) is 0.500. The van der Waals surface area contributed by atoms with Crippen LogP contribution in [0, 0.1) is 18.8 Å². The average Bonchev–Trinajstić information content (AvgIpc) is 3.08. The van der Waals surface area contributed by atoms with Gasteiger partial charge in [-0.1, -0.05) is 11.8 Å². The summed E-state index contributed by atoms with van der Waals surface area (Å²) in [6.45, 7) is 1.69. The molecular formula is C14H14F3NO2S. The van der Waals surface area contributed by atoms with Crippen LogP contribution < -0.4 is 5.32 Å². The van der Waals surface area contributed by atoms with E-state index in [-0.39, 0.29) is 24.3 Å². The molecule has 3 nitrogen and oxygen atoms in total. The van der Waals surface area contributed by atoms with Gasteiger partial charge in [0.25, 0.3) is 5.91 Å². The summed E-state index contributed by atoms with van der Waals surface area (Å²) in [5.74, 6) is 4.82. The summed E-state index contributed by atoms with van der Waals surface area (Å²) in [7, 11) is 0. The Morgan fingerprint density at radius 3 is 2.71 bits per heavy atom. The zero-order valence-electron chi connectivity index (χ0n) is 11.3. The van der Waals surface area contributed by atoms with Gasteiger partial charge in [-0.05, 0) is 31.4 Å². The molecule has 1 fully saturated rings. The molecular weight excluding hydrogens is 303 g/mol. The second kappa shape index (κ2) is 5.70. The SMILES string of the molecule is Cc1cc(C(=O)NC2(C(F)(F)F)CC2)sc1C#CCCO. The minimum Gasteiger partial charge on any atom is -0.395 e. The fourth-order valence-electron chi connectivity index (χ4n) is 1.80. The highest BCUT2D eigenvalue weighted by Crippen LogP contribution is 2.49. The third-order valence-electron chi connectivity index (χ3n) is 3.23. The van der Waals surface area contributed by atoms with E-state index >= 15 is 0 Å². The maximum Gasteiger partial charge on any atom is 0.411 e. The molecule has 0 atom stereocenters. The van der Waals surface area contributed by atoms with E-state index in [9.17, 15) is 18.0 Å². The van der Waals surface area contributed by atoms with E-state index in [1.807, 2.05) is 0 Å². The summed E-state index contributed by atoms with van der Waals surface area (Å²) in [4.78, 5) is 12.8. The zero-order chi connectivity index (χ0) is 15.7. The van der Waals surface area contributed by atoms with Crippen LogP contribution in [-0.2, 0) is 0 Å². The van der Waals surface area contributed by atoms with Crippen molar-refractivity contribution in [3.8, 4) is 11.8 Å². The molecule has 2 N–H and O–H groups in total. The quantitative estimate of drug-likeness (QED) is 0.842. The minimum absolute atomic E-state index is 0.0567. The topological polar surface area (TPSA) is 49.3 Å². The molecule has 1 aromatic heterocycles. The van der Waals surface area contributed by atoms with Gasteiger partial charge in [0.15, 0.2) is 0 Å². The number of thiophene rings is 1. The van der Waals surface area contributed by atoms with Crippen LogP contribution in [-0.4, -0.2) is 29.3 Å². The third-order valence-corrected chi connectivity index (χ3v) is 4.38. The lowest BCUT2D eigenvalue weighted by molar-refractivity contribution is -0.163. The molecule has 0 saturated heterocycles. The van der Waals surface area contributed by atoms with Gasteiger partial charge in [-0.2, -0.15) is 13.2 Å². The lowest BCUT2D eigenvalue weighted by Crippen LogP contribution is -2.47. The molecule has 0 bridgehead atoms. The Balaban J connectivity index is 2.11. The van der Waals surface area contributed by atoms with Gasteiger partial charge in [-0.3, -0.25) is 4.79 Å². The molecule has 7 heteroatoms. The number of hydrogen-bond donors (Lipinski definition) is 2. The third kappa shape index (κ3) is 3.39. The van der Waals surface area contributed by atoms with Gasteiger partial charge in [-0.25, -0.2) is 0 Å². The molecule has 114 valence electrons. The van der Waals surface area contributed by atoms with Crippen molar-refractivity contribution in [1.29, 1.82) is 0 Å². The number of alkyl halides is 3. The number of aryl methyl sites for hydroxylation is 1. The first-order valence-electron chi connectivity index (χ1n) is 6.38. The molecule has 1 aliphatic rings. The Morgan fingerprint density at radius 1 is 1.52 bits per heavy atom. The zero-order valence-corrected chi connectivity index (χ0v) is 12.1. The molecule has 0 aromatic carbocycles. The van der Waals surface area contributed by atoms with Crippen molar-refractivity contribution < 1.29 is 23.1 Å². The number of carbonyl (C=O) groups is 1.